The van der Waals surface area contributed by atoms with E-state index in [0.717, 1.165) is 28.6 Å². The van der Waals surface area contributed by atoms with E-state index in [1.54, 1.807) is 6.07 Å². The first-order chi connectivity index (χ1) is 8.71. The van der Waals surface area contributed by atoms with Crippen LogP contribution in [-0.2, 0) is 11.2 Å². The van der Waals surface area contributed by atoms with Gasteiger partial charge >= 0.3 is 5.97 Å². The van der Waals surface area contributed by atoms with Gasteiger partial charge in [-0.25, -0.2) is 9.78 Å². The second kappa shape index (κ2) is 5.04. The highest BCUT2D eigenvalue weighted by atomic mass is 16.5. The van der Waals surface area contributed by atoms with E-state index >= 15 is 0 Å². The summed E-state index contributed by atoms with van der Waals surface area (Å²) in [6.07, 6.45) is 0.873. The number of para-hydroxylation sites is 1. The molecule has 0 fully saturated rings. The van der Waals surface area contributed by atoms with Crippen LogP contribution in [0.5, 0.6) is 0 Å². The Morgan fingerprint density at radius 2 is 2.22 bits per heavy atom. The Labute approximate surface area is 106 Å². The number of ether oxygens (including phenoxy) is 1. The number of aromatic nitrogens is 1. The van der Waals surface area contributed by atoms with Crippen LogP contribution in [0.3, 0.4) is 0 Å². The summed E-state index contributed by atoms with van der Waals surface area (Å²) >= 11 is 0. The van der Waals surface area contributed by atoms with Crippen molar-refractivity contribution >= 4 is 22.6 Å². The molecule has 0 amide bonds. The van der Waals surface area contributed by atoms with Gasteiger partial charge in [0.25, 0.3) is 0 Å². The van der Waals surface area contributed by atoms with Gasteiger partial charge in [0.1, 0.15) is 0 Å². The molecule has 2 rings (SSSR count). The predicted molar refractivity (Wildman–Crippen MR) is 72.0 cm³/mol. The Balaban J connectivity index is 2.76. The first kappa shape index (κ1) is 12.4. The van der Waals surface area contributed by atoms with Crippen LogP contribution in [0, 0.1) is 0 Å². The molecule has 1 heterocycles. The maximum atomic E-state index is 11.6. The third-order valence-electron chi connectivity index (χ3n) is 2.97. The fourth-order valence-electron chi connectivity index (χ4n) is 2.01. The Morgan fingerprint density at radius 3 is 2.83 bits per heavy atom. The van der Waals surface area contributed by atoms with Crippen LogP contribution in [0.25, 0.3) is 10.9 Å². The topological polar surface area (TPSA) is 51.2 Å². The molecule has 1 aromatic heterocycles. The summed E-state index contributed by atoms with van der Waals surface area (Å²) in [7, 11) is 3.19. The quantitative estimate of drug-likeness (QED) is 0.843. The van der Waals surface area contributed by atoms with E-state index in [2.05, 4.69) is 17.2 Å². The van der Waals surface area contributed by atoms with Gasteiger partial charge in [-0.1, -0.05) is 25.1 Å². The molecule has 0 bridgehead atoms. The highest BCUT2D eigenvalue weighted by Gasteiger charge is 2.13. The number of hydrogen-bond acceptors (Lipinski definition) is 4. The largest absolute Gasteiger partial charge is 0.464 e. The highest BCUT2D eigenvalue weighted by Crippen LogP contribution is 2.26. The molecule has 0 atom stereocenters. The van der Waals surface area contributed by atoms with Crippen molar-refractivity contribution in [1.29, 1.82) is 0 Å². The predicted octanol–water partition coefficient (Wildman–Crippen LogP) is 2.63. The zero-order chi connectivity index (χ0) is 13.1. The van der Waals surface area contributed by atoms with E-state index in [0.29, 0.717) is 5.69 Å². The van der Waals surface area contributed by atoms with Crippen LogP contribution in [0.1, 0.15) is 23.0 Å². The summed E-state index contributed by atoms with van der Waals surface area (Å²) in [5.41, 5.74) is 3.19. The number of aryl methyl sites for hydroxylation is 1. The number of pyridine rings is 1. The number of hydrogen-bond donors (Lipinski definition) is 1. The zero-order valence-electron chi connectivity index (χ0n) is 10.8. The zero-order valence-corrected chi connectivity index (χ0v) is 10.8. The van der Waals surface area contributed by atoms with Crippen LogP contribution in [0.2, 0.25) is 0 Å². The fourth-order valence-corrected chi connectivity index (χ4v) is 2.01. The molecule has 2 aromatic rings. The normalized spacial score (nSPS) is 10.4. The van der Waals surface area contributed by atoms with Crippen molar-refractivity contribution in [2.24, 2.45) is 0 Å². The monoisotopic (exact) mass is 244 g/mol. The molecule has 0 radical (unpaired) electrons. The summed E-state index contributed by atoms with van der Waals surface area (Å²) in [5.74, 6) is -0.417. The van der Waals surface area contributed by atoms with Gasteiger partial charge in [0, 0.05) is 18.1 Å². The van der Waals surface area contributed by atoms with E-state index in [9.17, 15) is 4.79 Å². The molecule has 0 saturated carbocycles. The van der Waals surface area contributed by atoms with Crippen molar-refractivity contribution < 1.29 is 9.53 Å². The molecule has 1 aromatic carbocycles. The van der Waals surface area contributed by atoms with E-state index in [1.165, 1.54) is 7.11 Å². The number of methoxy groups -OCH3 is 1. The van der Waals surface area contributed by atoms with Gasteiger partial charge in [-0.3, -0.25) is 0 Å². The minimum atomic E-state index is -0.417. The molecule has 0 spiro atoms. The number of fused-ring (bicyclic) bond motifs is 1. The lowest BCUT2D eigenvalue weighted by atomic mass is 10.1. The second-order valence-electron chi connectivity index (χ2n) is 3.96. The van der Waals surface area contributed by atoms with Crippen LogP contribution < -0.4 is 5.32 Å². The Bertz CT molecular complexity index is 594. The van der Waals surface area contributed by atoms with E-state index in [4.69, 9.17) is 4.74 Å². The lowest BCUT2D eigenvalue weighted by molar-refractivity contribution is 0.0594. The SMILES string of the molecule is CCc1cccc2c(NC)cc(C(=O)OC)nc12. The summed E-state index contributed by atoms with van der Waals surface area (Å²) in [6, 6.07) is 7.74. The summed E-state index contributed by atoms with van der Waals surface area (Å²) in [6.45, 7) is 2.07. The average molecular weight is 244 g/mol. The molecule has 4 heteroatoms. The van der Waals surface area contributed by atoms with Gasteiger partial charge in [0.15, 0.2) is 5.69 Å². The van der Waals surface area contributed by atoms with Crippen molar-refractivity contribution in [3.05, 3.63) is 35.5 Å². The number of esters is 1. The number of carbonyl (C=O) groups excluding carboxylic acids is 1. The summed E-state index contributed by atoms with van der Waals surface area (Å²) < 4.78 is 4.73. The molecule has 1 N–H and O–H groups in total. The smallest absolute Gasteiger partial charge is 0.356 e. The lowest BCUT2D eigenvalue weighted by Gasteiger charge is -2.10. The molecule has 4 nitrogen and oxygen atoms in total. The standard InChI is InChI=1S/C14H16N2O2/c1-4-9-6-5-7-10-11(15-2)8-12(14(17)18-3)16-13(9)10/h5-8H,4H2,1-3H3,(H,15,16). The van der Waals surface area contributed by atoms with Gasteiger partial charge in [-0.2, -0.15) is 0 Å². The molecule has 18 heavy (non-hydrogen) atoms. The molecule has 0 saturated heterocycles. The number of nitrogens with zero attached hydrogens (tertiary/aromatic N) is 1. The van der Waals surface area contributed by atoms with Gasteiger partial charge < -0.3 is 10.1 Å². The number of anilines is 1. The third-order valence-corrected chi connectivity index (χ3v) is 2.97. The summed E-state index contributed by atoms with van der Waals surface area (Å²) in [5, 5.41) is 4.11. The van der Waals surface area contributed by atoms with Gasteiger partial charge in [0.2, 0.25) is 0 Å². The second-order valence-corrected chi connectivity index (χ2v) is 3.96. The van der Waals surface area contributed by atoms with Crippen molar-refractivity contribution in [2.45, 2.75) is 13.3 Å². The first-order valence-electron chi connectivity index (χ1n) is 5.90. The Hall–Kier alpha value is -2.10. The highest BCUT2D eigenvalue weighted by molar-refractivity contribution is 5.98. The third kappa shape index (κ3) is 2.01. The van der Waals surface area contributed by atoms with Crippen LogP contribution in [0.15, 0.2) is 24.3 Å². The minimum Gasteiger partial charge on any atom is -0.464 e. The maximum absolute atomic E-state index is 11.6. The van der Waals surface area contributed by atoms with E-state index < -0.39 is 5.97 Å². The summed E-state index contributed by atoms with van der Waals surface area (Å²) in [4.78, 5) is 16.0. The number of benzene rings is 1. The average Bonchev–Trinajstić information content (AvgIpc) is 2.44. The molecule has 0 aliphatic heterocycles. The van der Waals surface area contributed by atoms with Crippen LogP contribution in [0.4, 0.5) is 5.69 Å². The Kier molecular flexibility index (Phi) is 3.46. The molecule has 0 aliphatic rings. The molecule has 0 aliphatic carbocycles. The van der Waals surface area contributed by atoms with Gasteiger partial charge in [0.05, 0.1) is 12.6 Å². The molecule has 0 unspecified atom stereocenters. The van der Waals surface area contributed by atoms with E-state index in [-0.39, 0.29) is 0 Å². The minimum absolute atomic E-state index is 0.329. The van der Waals surface area contributed by atoms with Crippen molar-refractivity contribution in [3.8, 4) is 0 Å². The number of nitrogens with one attached hydrogen (secondary N) is 1. The Morgan fingerprint density at radius 1 is 1.44 bits per heavy atom. The van der Waals surface area contributed by atoms with Gasteiger partial charge in [-0.05, 0) is 18.1 Å². The van der Waals surface area contributed by atoms with Crippen molar-refractivity contribution in [3.63, 3.8) is 0 Å². The lowest BCUT2D eigenvalue weighted by Crippen LogP contribution is -2.06. The van der Waals surface area contributed by atoms with Crippen molar-refractivity contribution in [2.75, 3.05) is 19.5 Å². The number of carbonyl (C=O) groups is 1. The van der Waals surface area contributed by atoms with Gasteiger partial charge in [-0.15, -0.1) is 0 Å². The van der Waals surface area contributed by atoms with Crippen molar-refractivity contribution in [1.82, 2.24) is 4.98 Å². The molecule has 94 valence electrons. The van der Waals surface area contributed by atoms with E-state index in [1.807, 2.05) is 25.2 Å². The van der Waals surface area contributed by atoms with Crippen LogP contribution >= 0.6 is 0 Å². The number of rotatable bonds is 3. The maximum Gasteiger partial charge on any atom is 0.356 e. The first-order valence-corrected chi connectivity index (χ1v) is 5.90. The molecular formula is C14H16N2O2. The molecular weight excluding hydrogens is 228 g/mol. The van der Waals surface area contributed by atoms with Crippen LogP contribution in [-0.4, -0.2) is 25.1 Å². The fraction of sp³-hybridized carbons (Fsp3) is 0.286.